The molecule has 2 aromatic rings. The summed E-state index contributed by atoms with van der Waals surface area (Å²) < 4.78 is 32.1. The van der Waals surface area contributed by atoms with E-state index < -0.39 is 16.1 Å². The summed E-state index contributed by atoms with van der Waals surface area (Å²) in [5, 5.41) is 2.90. The molecule has 0 aromatic heterocycles. The van der Waals surface area contributed by atoms with Gasteiger partial charge in [-0.1, -0.05) is 36.4 Å². The van der Waals surface area contributed by atoms with Crippen molar-refractivity contribution in [1.82, 2.24) is 14.5 Å². The number of benzene rings is 2. The van der Waals surface area contributed by atoms with Gasteiger partial charge in [0.1, 0.15) is 6.04 Å². The van der Waals surface area contributed by atoms with E-state index in [1.165, 1.54) is 11.2 Å². The Morgan fingerprint density at radius 1 is 1.03 bits per heavy atom. The molecule has 0 bridgehead atoms. The molecule has 9 heteroatoms. The first-order valence-corrected chi connectivity index (χ1v) is 12.1. The number of ether oxygens (including phenoxy) is 1. The van der Waals surface area contributed by atoms with Crippen molar-refractivity contribution < 1.29 is 22.7 Å². The Morgan fingerprint density at radius 3 is 2.34 bits per heavy atom. The van der Waals surface area contributed by atoms with E-state index in [1.54, 1.807) is 29.2 Å². The van der Waals surface area contributed by atoms with E-state index in [2.05, 4.69) is 5.32 Å². The van der Waals surface area contributed by atoms with E-state index in [0.717, 1.165) is 16.7 Å². The fraction of sp³-hybridized carbons (Fsp3) is 0.391. The number of nitrogens with one attached hydrogen (secondary N) is 1. The van der Waals surface area contributed by atoms with Gasteiger partial charge in [0.25, 0.3) is 0 Å². The van der Waals surface area contributed by atoms with Crippen molar-refractivity contribution >= 4 is 21.8 Å². The smallest absolute Gasteiger partial charge is 0.243 e. The van der Waals surface area contributed by atoms with Crippen LogP contribution >= 0.6 is 0 Å². The minimum absolute atomic E-state index is 0.141. The Balaban J connectivity index is 1.41. The van der Waals surface area contributed by atoms with Crippen molar-refractivity contribution in [2.24, 2.45) is 0 Å². The minimum Gasteiger partial charge on any atom is -0.379 e. The van der Waals surface area contributed by atoms with E-state index >= 15 is 0 Å². The summed E-state index contributed by atoms with van der Waals surface area (Å²) in [7, 11) is -3.55. The van der Waals surface area contributed by atoms with Crippen molar-refractivity contribution in [2.75, 3.05) is 26.3 Å². The molecule has 2 heterocycles. The van der Waals surface area contributed by atoms with Crippen molar-refractivity contribution in [2.45, 2.75) is 37.4 Å². The average Bonchev–Trinajstić information content (AvgIpc) is 2.82. The number of nitrogens with zero attached hydrogens (tertiary/aromatic N) is 2. The number of morpholine rings is 1. The zero-order valence-corrected chi connectivity index (χ0v) is 18.8. The van der Waals surface area contributed by atoms with E-state index in [1.807, 2.05) is 24.3 Å². The molecule has 0 aliphatic carbocycles. The highest BCUT2D eigenvalue weighted by atomic mass is 32.2. The van der Waals surface area contributed by atoms with Gasteiger partial charge in [-0.05, 0) is 28.8 Å². The fourth-order valence-electron chi connectivity index (χ4n) is 4.11. The molecule has 1 atom stereocenters. The molecule has 2 aromatic carbocycles. The van der Waals surface area contributed by atoms with Crippen LogP contribution in [0.15, 0.2) is 53.4 Å². The van der Waals surface area contributed by atoms with E-state index in [0.29, 0.717) is 39.3 Å². The molecular formula is C23H27N3O5S. The molecular weight excluding hydrogens is 430 g/mol. The van der Waals surface area contributed by atoms with Crippen LogP contribution in [0.5, 0.6) is 0 Å². The Hall–Kier alpha value is -2.75. The van der Waals surface area contributed by atoms with Gasteiger partial charge in [-0.15, -0.1) is 0 Å². The van der Waals surface area contributed by atoms with Crippen LogP contribution in [0, 0.1) is 0 Å². The van der Waals surface area contributed by atoms with Crippen LogP contribution in [-0.4, -0.2) is 61.8 Å². The summed E-state index contributed by atoms with van der Waals surface area (Å²) in [4.78, 5) is 26.9. The van der Waals surface area contributed by atoms with Crippen LogP contribution in [0.1, 0.15) is 23.6 Å². The number of hydrogen-bond donors (Lipinski definition) is 1. The predicted molar refractivity (Wildman–Crippen MR) is 118 cm³/mol. The Bertz CT molecular complexity index is 1090. The van der Waals surface area contributed by atoms with Crippen LogP contribution < -0.4 is 5.32 Å². The minimum atomic E-state index is -3.55. The summed E-state index contributed by atoms with van der Waals surface area (Å²) in [6, 6.07) is 13.8. The van der Waals surface area contributed by atoms with Gasteiger partial charge in [0.15, 0.2) is 0 Å². The second kappa shape index (κ2) is 9.40. The number of carbonyl (C=O) groups excluding carboxylic acids is 2. The van der Waals surface area contributed by atoms with Crippen LogP contribution in [-0.2, 0) is 43.9 Å². The van der Waals surface area contributed by atoms with Gasteiger partial charge >= 0.3 is 0 Å². The van der Waals surface area contributed by atoms with E-state index in [4.69, 9.17) is 4.74 Å². The van der Waals surface area contributed by atoms with Gasteiger partial charge < -0.3 is 15.0 Å². The summed E-state index contributed by atoms with van der Waals surface area (Å²) in [5.41, 5.74) is 2.91. The first-order valence-electron chi connectivity index (χ1n) is 10.6. The number of fused-ring (bicyclic) bond motifs is 1. The highest BCUT2D eigenvalue weighted by Crippen LogP contribution is 2.24. The summed E-state index contributed by atoms with van der Waals surface area (Å²) in [6.45, 7) is 3.62. The lowest BCUT2D eigenvalue weighted by Gasteiger charge is -2.35. The monoisotopic (exact) mass is 457 g/mol. The molecule has 8 nitrogen and oxygen atoms in total. The first-order chi connectivity index (χ1) is 15.4. The molecule has 170 valence electrons. The Kier molecular flexibility index (Phi) is 6.59. The molecule has 0 spiro atoms. The third-order valence-corrected chi connectivity index (χ3v) is 7.87. The topological polar surface area (TPSA) is 96.0 Å². The summed E-state index contributed by atoms with van der Waals surface area (Å²) >= 11 is 0. The molecule has 1 unspecified atom stereocenters. The second-order valence-corrected chi connectivity index (χ2v) is 9.95. The van der Waals surface area contributed by atoms with Crippen LogP contribution in [0.3, 0.4) is 0 Å². The van der Waals surface area contributed by atoms with Crippen molar-refractivity contribution in [3.05, 3.63) is 65.2 Å². The summed E-state index contributed by atoms with van der Waals surface area (Å²) in [6.07, 6.45) is 0.471. The Labute approximate surface area is 188 Å². The van der Waals surface area contributed by atoms with Crippen molar-refractivity contribution in [3.63, 3.8) is 0 Å². The normalized spacial score (nSPS) is 19.3. The third kappa shape index (κ3) is 4.69. The fourth-order valence-corrected chi connectivity index (χ4v) is 5.52. The predicted octanol–water partition coefficient (Wildman–Crippen LogP) is 1.30. The number of sulfonamides is 1. The second-order valence-electron chi connectivity index (χ2n) is 8.01. The maximum Gasteiger partial charge on any atom is 0.243 e. The molecule has 2 aliphatic rings. The lowest BCUT2D eigenvalue weighted by molar-refractivity contribution is -0.140. The van der Waals surface area contributed by atoms with Gasteiger partial charge in [-0.25, -0.2) is 8.42 Å². The molecule has 2 aliphatic heterocycles. The third-order valence-electron chi connectivity index (χ3n) is 5.95. The zero-order valence-electron chi connectivity index (χ0n) is 18.0. The lowest BCUT2D eigenvalue weighted by Crippen LogP contribution is -2.51. The standard InChI is InChI=1S/C23H27N3O5S/c1-17(27)26-16-20-5-3-2-4-19(20)14-22(26)23(28)24-15-18-6-8-21(9-7-18)32(29,30)25-10-12-31-13-11-25/h2-9,22H,10-16H2,1H3,(H,24,28). The molecule has 2 amide bonds. The highest BCUT2D eigenvalue weighted by Gasteiger charge is 2.33. The van der Waals surface area contributed by atoms with Gasteiger partial charge in [0.05, 0.1) is 18.1 Å². The maximum absolute atomic E-state index is 12.9. The molecule has 1 saturated heterocycles. The zero-order chi connectivity index (χ0) is 22.7. The lowest BCUT2D eigenvalue weighted by atomic mass is 9.93. The van der Waals surface area contributed by atoms with E-state index in [9.17, 15) is 18.0 Å². The SMILES string of the molecule is CC(=O)N1Cc2ccccc2CC1C(=O)NCc1ccc(S(=O)(=O)N2CCOCC2)cc1. The van der Waals surface area contributed by atoms with Gasteiger partial charge in [0.2, 0.25) is 21.8 Å². The largest absolute Gasteiger partial charge is 0.379 e. The molecule has 32 heavy (non-hydrogen) atoms. The average molecular weight is 458 g/mol. The summed E-state index contributed by atoms with van der Waals surface area (Å²) in [5.74, 6) is -0.364. The molecule has 0 saturated carbocycles. The first kappa shape index (κ1) is 22.4. The molecule has 1 N–H and O–H groups in total. The number of rotatable bonds is 5. The van der Waals surface area contributed by atoms with Gasteiger partial charge in [-0.2, -0.15) is 4.31 Å². The van der Waals surface area contributed by atoms with Gasteiger partial charge in [0, 0.05) is 39.5 Å². The molecule has 4 rings (SSSR count). The quantitative estimate of drug-likeness (QED) is 0.730. The Morgan fingerprint density at radius 2 is 1.69 bits per heavy atom. The highest BCUT2D eigenvalue weighted by molar-refractivity contribution is 7.89. The van der Waals surface area contributed by atoms with Crippen molar-refractivity contribution in [3.8, 4) is 0 Å². The molecule has 1 fully saturated rings. The van der Waals surface area contributed by atoms with Crippen LogP contribution in [0.4, 0.5) is 0 Å². The van der Waals surface area contributed by atoms with E-state index in [-0.39, 0.29) is 23.3 Å². The van der Waals surface area contributed by atoms with Gasteiger partial charge in [-0.3, -0.25) is 9.59 Å². The van der Waals surface area contributed by atoms with Crippen molar-refractivity contribution in [1.29, 1.82) is 0 Å². The maximum atomic E-state index is 12.9. The number of hydrogen-bond acceptors (Lipinski definition) is 5. The van der Waals surface area contributed by atoms with Crippen LogP contribution in [0.2, 0.25) is 0 Å². The van der Waals surface area contributed by atoms with Crippen LogP contribution in [0.25, 0.3) is 0 Å². The molecule has 0 radical (unpaired) electrons. The number of carbonyl (C=O) groups is 2. The number of amides is 2.